The van der Waals surface area contributed by atoms with Crippen molar-refractivity contribution < 1.29 is 13.9 Å². The number of rotatable bonds is 5. The summed E-state index contributed by atoms with van der Waals surface area (Å²) in [5.41, 5.74) is 7.56. The summed E-state index contributed by atoms with van der Waals surface area (Å²) in [4.78, 5) is 25.1. The van der Waals surface area contributed by atoms with E-state index in [0.29, 0.717) is 5.82 Å². The highest BCUT2D eigenvalue weighted by Crippen LogP contribution is 2.29. The molecule has 3 aromatic heterocycles. The Labute approximate surface area is 229 Å². The molecule has 0 unspecified atom stereocenters. The van der Waals surface area contributed by atoms with Gasteiger partial charge in [0.2, 0.25) is 11.8 Å². The lowest BCUT2D eigenvalue weighted by atomic mass is 9.92. The fraction of sp³-hybridized carbons (Fsp3) is 0.148. The lowest BCUT2D eigenvalue weighted by Gasteiger charge is -2.14. The molecular formula is C27H26ClFN8O2. The second kappa shape index (κ2) is 10.9. The highest BCUT2D eigenvalue weighted by atomic mass is 35.5. The largest absolute Gasteiger partial charge is 0.439 e. The predicted octanol–water partition coefficient (Wildman–Crippen LogP) is 6.09. The molecule has 0 saturated carbocycles. The first kappa shape index (κ1) is 27.3. The number of ether oxygens (including phenoxy) is 1. The summed E-state index contributed by atoms with van der Waals surface area (Å²) in [6.07, 6.45) is 3.17. The number of aromatic nitrogens is 5. The molecule has 0 aliphatic carbocycles. The number of fused-ring (bicyclic) bond motifs is 1. The summed E-state index contributed by atoms with van der Waals surface area (Å²) >= 11 is 0. The molecule has 12 heteroatoms. The highest BCUT2D eigenvalue weighted by molar-refractivity contribution is 5.99. The van der Waals surface area contributed by atoms with Crippen molar-refractivity contribution in [3.05, 3.63) is 84.6 Å². The van der Waals surface area contributed by atoms with E-state index in [1.165, 1.54) is 30.5 Å². The molecule has 200 valence electrons. The van der Waals surface area contributed by atoms with Gasteiger partial charge in [-0.2, -0.15) is 10.1 Å². The van der Waals surface area contributed by atoms with E-state index >= 15 is 0 Å². The van der Waals surface area contributed by atoms with Gasteiger partial charge in [-0.15, -0.1) is 12.4 Å². The fourth-order valence-electron chi connectivity index (χ4n) is 3.70. The third-order valence-corrected chi connectivity index (χ3v) is 5.61. The number of benzene rings is 2. The minimum absolute atomic E-state index is 0. The summed E-state index contributed by atoms with van der Waals surface area (Å²) in [7, 11) is 0. The average molecular weight is 549 g/mol. The van der Waals surface area contributed by atoms with Crippen molar-refractivity contribution in [1.29, 1.82) is 0 Å². The minimum Gasteiger partial charge on any atom is -0.439 e. The maximum atomic E-state index is 14.6. The number of carbonyl (C=O) groups is 1. The van der Waals surface area contributed by atoms with Crippen LogP contribution in [0.1, 0.15) is 26.5 Å². The first-order chi connectivity index (χ1) is 18.2. The van der Waals surface area contributed by atoms with Gasteiger partial charge in [0, 0.05) is 41.4 Å². The molecule has 4 N–H and O–H groups in total. The molecule has 0 radical (unpaired) electrons. The first-order valence-electron chi connectivity index (χ1n) is 11.8. The molecule has 39 heavy (non-hydrogen) atoms. The Kier molecular flexibility index (Phi) is 7.63. The maximum Gasteiger partial charge on any atom is 0.324 e. The fourth-order valence-corrected chi connectivity index (χ4v) is 3.70. The second-order valence-electron chi connectivity index (χ2n) is 9.53. The molecule has 2 amide bonds. The van der Waals surface area contributed by atoms with Gasteiger partial charge in [0.25, 0.3) is 0 Å². The number of nitrogens with one attached hydrogen (secondary N) is 2. The van der Waals surface area contributed by atoms with Crippen molar-refractivity contribution in [3.8, 4) is 17.3 Å². The van der Waals surface area contributed by atoms with Gasteiger partial charge < -0.3 is 15.8 Å². The first-order valence-corrected chi connectivity index (χ1v) is 11.8. The summed E-state index contributed by atoms with van der Waals surface area (Å²) in [6.45, 7) is 6.08. The van der Waals surface area contributed by atoms with E-state index in [-0.39, 0.29) is 41.1 Å². The van der Waals surface area contributed by atoms with Gasteiger partial charge in [0.1, 0.15) is 17.4 Å². The van der Waals surface area contributed by atoms with Crippen LogP contribution in [-0.4, -0.2) is 30.8 Å². The van der Waals surface area contributed by atoms with Gasteiger partial charge in [-0.3, -0.25) is 10.3 Å². The number of anilines is 3. The second-order valence-corrected chi connectivity index (χ2v) is 9.53. The smallest absolute Gasteiger partial charge is 0.324 e. The zero-order valence-electron chi connectivity index (χ0n) is 21.3. The third-order valence-electron chi connectivity index (χ3n) is 5.61. The lowest BCUT2D eigenvalue weighted by molar-refractivity contribution is 0.262. The Morgan fingerprint density at radius 1 is 1.00 bits per heavy atom. The van der Waals surface area contributed by atoms with Gasteiger partial charge in [-0.1, -0.05) is 26.8 Å². The number of amides is 2. The Morgan fingerprint density at radius 2 is 1.82 bits per heavy atom. The number of nitrogen functional groups attached to an aromatic ring is 1. The molecule has 5 aromatic rings. The van der Waals surface area contributed by atoms with E-state index in [9.17, 15) is 9.18 Å². The minimum atomic E-state index is -0.656. The van der Waals surface area contributed by atoms with Gasteiger partial charge in [0.05, 0.1) is 22.6 Å². The molecule has 0 aliphatic rings. The van der Waals surface area contributed by atoms with Crippen molar-refractivity contribution in [2.24, 2.45) is 0 Å². The van der Waals surface area contributed by atoms with Crippen molar-refractivity contribution in [2.45, 2.75) is 26.2 Å². The van der Waals surface area contributed by atoms with Gasteiger partial charge >= 0.3 is 6.03 Å². The lowest BCUT2D eigenvalue weighted by Crippen LogP contribution is -2.22. The van der Waals surface area contributed by atoms with E-state index < -0.39 is 11.8 Å². The van der Waals surface area contributed by atoms with Crippen LogP contribution >= 0.6 is 12.4 Å². The summed E-state index contributed by atoms with van der Waals surface area (Å²) in [5, 5.41) is 11.0. The molecule has 0 atom stereocenters. The van der Waals surface area contributed by atoms with Crippen molar-refractivity contribution in [1.82, 2.24) is 24.7 Å². The molecular weight excluding hydrogens is 523 g/mol. The van der Waals surface area contributed by atoms with Crippen LogP contribution in [0, 0.1) is 5.82 Å². The van der Waals surface area contributed by atoms with Crippen LogP contribution in [0.25, 0.3) is 16.6 Å². The zero-order chi connectivity index (χ0) is 26.9. The number of nitrogens with two attached hydrogens (primary N) is 1. The van der Waals surface area contributed by atoms with Crippen molar-refractivity contribution in [3.63, 3.8) is 0 Å². The van der Waals surface area contributed by atoms with Crippen LogP contribution in [0.4, 0.5) is 26.6 Å². The topological polar surface area (TPSA) is 133 Å². The maximum absolute atomic E-state index is 14.6. The number of hydrogen-bond donors (Lipinski definition) is 3. The normalized spacial score (nSPS) is 11.1. The standard InChI is InChI=1S/C27H25FN8O2.ClH/c1-27(2,3)22-15-23(36(35-22)17-6-9-20-16(13-17)5-4-11-30-20)33-26(37)32-21-14-18(7-8-19(21)28)38-24-10-12-31-25(29)34-24;/h4-15H,1-3H3,(H2,29,31,34)(H2,32,33,37);1H. The zero-order valence-corrected chi connectivity index (χ0v) is 22.2. The number of urea groups is 1. The molecule has 2 aromatic carbocycles. The Morgan fingerprint density at radius 3 is 2.59 bits per heavy atom. The summed E-state index contributed by atoms with van der Waals surface area (Å²) in [6, 6.07) is 16.1. The van der Waals surface area contributed by atoms with E-state index in [1.54, 1.807) is 16.9 Å². The highest BCUT2D eigenvalue weighted by Gasteiger charge is 2.22. The molecule has 3 heterocycles. The van der Waals surface area contributed by atoms with E-state index in [0.717, 1.165) is 22.3 Å². The Balaban J connectivity index is 0.00000353. The van der Waals surface area contributed by atoms with Crippen molar-refractivity contribution in [2.75, 3.05) is 16.4 Å². The monoisotopic (exact) mass is 548 g/mol. The van der Waals surface area contributed by atoms with E-state index in [1.807, 2.05) is 51.1 Å². The molecule has 0 spiro atoms. The van der Waals surface area contributed by atoms with Crippen LogP contribution in [-0.2, 0) is 5.41 Å². The quantitative estimate of drug-likeness (QED) is 0.242. The van der Waals surface area contributed by atoms with Gasteiger partial charge in [0.15, 0.2) is 0 Å². The summed E-state index contributed by atoms with van der Waals surface area (Å²) < 4.78 is 21.8. The Hall–Kier alpha value is -4.77. The molecule has 0 aliphatic heterocycles. The van der Waals surface area contributed by atoms with Crippen molar-refractivity contribution >= 4 is 46.8 Å². The van der Waals surface area contributed by atoms with Gasteiger partial charge in [-0.05, 0) is 36.4 Å². The van der Waals surface area contributed by atoms with Crippen LogP contribution < -0.4 is 21.1 Å². The van der Waals surface area contributed by atoms with Crippen LogP contribution in [0.5, 0.6) is 11.6 Å². The van der Waals surface area contributed by atoms with E-state index in [4.69, 9.17) is 15.6 Å². The van der Waals surface area contributed by atoms with Crippen LogP contribution in [0.15, 0.2) is 73.1 Å². The summed E-state index contributed by atoms with van der Waals surface area (Å²) in [5.74, 6) is 0.255. The number of pyridine rings is 1. The molecule has 0 fully saturated rings. The molecule has 5 rings (SSSR count). The molecule has 10 nitrogen and oxygen atoms in total. The van der Waals surface area contributed by atoms with Crippen LogP contribution in [0.2, 0.25) is 0 Å². The predicted molar refractivity (Wildman–Crippen MR) is 150 cm³/mol. The number of halogens is 2. The number of carbonyl (C=O) groups excluding carboxylic acids is 1. The van der Waals surface area contributed by atoms with Gasteiger partial charge in [-0.25, -0.2) is 18.9 Å². The van der Waals surface area contributed by atoms with E-state index in [2.05, 4.69) is 25.6 Å². The third kappa shape index (κ3) is 6.21. The average Bonchev–Trinajstić information content (AvgIpc) is 3.30. The number of nitrogens with zero attached hydrogens (tertiary/aromatic N) is 5. The number of hydrogen-bond acceptors (Lipinski definition) is 7. The molecule has 0 bridgehead atoms. The molecule has 0 saturated heterocycles. The van der Waals surface area contributed by atoms with Crippen LogP contribution in [0.3, 0.4) is 0 Å². The Bertz CT molecular complexity index is 1650. The SMILES string of the molecule is CC(C)(C)c1cc(NC(=O)Nc2cc(Oc3ccnc(N)n3)ccc2F)n(-c2ccc3ncccc3c2)n1.Cl.